The molecule has 1 amide bonds. The summed E-state index contributed by atoms with van der Waals surface area (Å²) in [6, 6.07) is 10.1. The van der Waals surface area contributed by atoms with Crippen molar-refractivity contribution in [1.29, 1.82) is 0 Å². The molecule has 2 heterocycles. The van der Waals surface area contributed by atoms with Crippen molar-refractivity contribution >= 4 is 11.6 Å². The Labute approximate surface area is 136 Å². The normalized spacial score (nSPS) is 18.4. The van der Waals surface area contributed by atoms with Gasteiger partial charge in [-0.25, -0.2) is 0 Å². The molecular formula is C17H22N4O2. The lowest BCUT2D eigenvalue weighted by molar-refractivity contribution is -0.117. The molecule has 0 saturated carbocycles. The summed E-state index contributed by atoms with van der Waals surface area (Å²) in [7, 11) is 2.02. The van der Waals surface area contributed by atoms with E-state index in [1.54, 1.807) is 4.90 Å². The third-order valence-electron chi connectivity index (χ3n) is 4.31. The third kappa shape index (κ3) is 3.42. The second-order valence-corrected chi connectivity index (χ2v) is 6.30. The minimum atomic E-state index is -0.00966. The molecule has 1 aromatic carbocycles. The standard InChI is InChI=1S/C17H22N4O2/c1-12(2)20(3)11-15-18-17(19-23-15)13-9-16(22)21(10-13)14-7-5-4-6-8-14/h4-8,12-13H,9-11H2,1-3H3. The molecule has 1 aromatic heterocycles. The van der Waals surface area contributed by atoms with Gasteiger partial charge in [0.2, 0.25) is 11.8 Å². The van der Waals surface area contributed by atoms with Crippen LogP contribution in [0.2, 0.25) is 0 Å². The summed E-state index contributed by atoms with van der Waals surface area (Å²) in [5.74, 6) is 1.32. The van der Waals surface area contributed by atoms with Crippen molar-refractivity contribution in [1.82, 2.24) is 15.0 Å². The van der Waals surface area contributed by atoms with Gasteiger partial charge in [-0.2, -0.15) is 4.98 Å². The molecule has 1 unspecified atom stereocenters. The molecule has 6 nitrogen and oxygen atoms in total. The van der Waals surface area contributed by atoms with Gasteiger partial charge in [-0.15, -0.1) is 0 Å². The summed E-state index contributed by atoms with van der Waals surface area (Å²) in [6.45, 7) is 5.45. The summed E-state index contributed by atoms with van der Waals surface area (Å²) >= 11 is 0. The molecular weight excluding hydrogens is 292 g/mol. The van der Waals surface area contributed by atoms with Gasteiger partial charge in [0.05, 0.1) is 6.54 Å². The Kier molecular flexibility index (Phi) is 4.43. The number of nitrogens with zero attached hydrogens (tertiary/aromatic N) is 4. The molecule has 2 aromatic rings. The van der Waals surface area contributed by atoms with Crippen molar-refractivity contribution in [2.75, 3.05) is 18.5 Å². The quantitative estimate of drug-likeness (QED) is 0.848. The number of rotatable bonds is 5. The van der Waals surface area contributed by atoms with Crippen LogP contribution in [0.25, 0.3) is 0 Å². The number of carbonyl (C=O) groups is 1. The highest BCUT2D eigenvalue weighted by molar-refractivity contribution is 5.96. The van der Waals surface area contributed by atoms with Gasteiger partial charge in [-0.3, -0.25) is 9.69 Å². The van der Waals surface area contributed by atoms with E-state index >= 15 is 0 Å². The molecule has 1 aliphatic heterocycles. The summed E-state index contributed by atoms with van der Waals surface area (Å²) in [5.41, 5.74) is 0.920. The van der Waals surface area contributed by atoms with E-state index in [1.807, 2.05) is 37.4 Å². The van der Waals surface area contributed by atoms with Gasteiger partial charge in [0.1, 0.15) is 0 Å². The summed E-state index contributed by atoms with van der Waals surface area (Å²) in [5, 5.41) is 4.08. The zero-order valence-corrected chi connectivity index (χ0v) is 13.8. The van der Waals surface area contributed by atoms with Crippen LogP contribution in [0.5, 0.6) is 0 Å². The van der Waals surface area contributed by atoms with Crippen molar-refractivity contribution in [3.8, 4) is 0 Å². The van der Waals surface area contributed by atoms with E-state index in [-0.39, 0.29) is 11.8 Å². The van der Waals surface area contributed by atoms with Crippen molar-refractivity contribution in [2.24, 2.45) is 0 Å². The van der Waals surface area contributed by atoms with Crippen molar-refractivity contribution in [3.63, 3.8) is 0 Å². The summed E-state index contributed by atoms with van der Waals surface area (Å²) < 4.78 is 5.34. The SMILES string of the molecule is CC(C)N(C)Cc1nc(C2CC(=O)N(c3ccccc3)C2)no1. The first kappa shape index (κ1) is 15.7. The highest BCUT2D eigenvalue weighted by atomic mass is 16.5. The molecule has 1 saturated heterocycles. The number of amides is 1. The third-order valence-corrected chi connectivity index (χ3v) is 4.31. The van der Waals surface area contributed by atoms with Gasteiger partial charge in [0.15, 0.2) is 5.82 Å². The molecule has 0 radical (unpaired) electrons. The molecule has 0 N–H and O–H groups in total. The molecule has 0 bridgehead atoms. The number of aromatic nitrogens is 2. The van der Waals surface area contributed by atoms with E-state index in [2.05, 4.69) is 28.9 Å². The highest BCUT2D eigenvalue weighted by Gasteiger charge is 2.34. The summed E-state index contributed by atoms with van der Waals surface area (Å²) in [6.07, 6.45) is 0.424. The van der Waals surface area contributed by atoms with Crippen LogP contribution in [0.4, 0.5) is 5.69 Å². The minimum absolute atomic E-state index is 0.00966. The fourth-order valence-electron chi connectivity index (χ4n) is 2.63. The lowest BCUT2D eigenvalue weighted by Gasteiger charge is -2.18. The summed E-state index contributed by atoms with van der Waals surface area (Å²) in [4.78, 5) is 20.7. The van der Waals surface area contributed by atoms with Crippen LogP contribution in [-0.4, -0.2) is 40.6 Å². The highest BCUT2D eigenvalue weighted by Crippen LogP contribution is 2.30. The van der Waals surface area contributed by atoms with Gasteiger partial charge < -0.3 is 9.42 Å². The van der Waals surface area contributed by atoms with E-state index in [0.29, 0.717) is 37.3 Å². The maximum atomic E-state index is 12.3. The Bertz CT molecular complexity index is 668. The molecule has 3 rings (SSSR count). The fraction of sp³-hybridized carbons (Fsp3) is 0.471. The maximum absolute atomic E-state index is 12.3. The van der Waals surface area contributed by atoms with Gasteiger partial charge >= 0.3 is 0 Å². The van der Waals surface area contributed by atoms with Crippen LogP contribution in [0.1, 0.15) is 37.9 Å². The molecule has 122 valence electrons. The number of hydrogen-bond donors (Lipinski definition) is 0. The zero-order chi connectivity index (χ0) is 16.4. The lowest BCUT2D eigenvalue weighted by atomic mass is 10.1. The molecule has 1 fully saturated rings. The second-order valence-electron chi connectivity index (χ2n) is 6.30. The fourth-order valence-corrected chi connectivity index (χ4v) is 2.63. The monoisotopic (exact) mass is 314 g/mol. The Balaban J connectivity index is 1.69. The van der Waals surface area contributed by atoms with Crippen LogP contribution in [0.15, 0.2) is 34.9 Å². The van der Waals surface area contributed by atoms with Crippen LogP contribution in [-0.2, 0) is 11.3 Å². The first-order valence-corrected chi connectivity index (χ1v) is 7.92. The topological polar surface area (TPSA) is 62.5 Å². The van der Waals surface area contributed by atoms with Crippen LogP contribution in [0.3, 0.4) is 0 Å². The average Bonchev–Trinajstić information content (AvgIpc) is 3.14. The van der Waals surface area contributed by atoms with Crippen LogP contribution >= 0.6 is 0 Å². The first-order valence-electron chi connectivity index (χ1n) is 7.92. The van der Waals surface area contributed by atoms with E-state index in [1.165, 1.54) is 0 Å². The van der Waals surface area contributed by atoms with Crippen molar-refractivity contribution in [2.45, 2.75) is 38.8 Å². The van der Waals surface area contributed by atoms with E-state index in [0.717, 1.165) is 5.69 Å². The van der Waals surface area contributed by atoms with E-state index in [9.17, 15) is 4.79 Å². The Morgan fingerprint density at radius 2 is 2.09 bits per heavy atom. The molecule has 6 heteroatoms. The molecule has 1 aliphatic rings. The number of para-hydroxylation sites is 1. The van der Waals surface area contributed by atoms with Gasteiger partial charge in [0.25, 0.3) is 0 Å². The number of anilines is 1. The van der Waals surface area contributed by atoms with Gasteiger partial charge in [0, 0.05) is 30.6 Å². The molecule has 0 spiro atoms. The number of carbonyl (C=O) groups excluding carboxylic acids is 1. The second kappa shape index (κ2) is 6.50. The average molecular weight is 314 g/mol. The van der Waals surface area contributed by atoms with Crippen LogP contribution in [0, 0.1) is 0 Å². The molecule has 0 aliphatic carbocycles. The van der Waals surface area contributed by atoms with Crippen LogP contribution < -0.4 is 4.90 Å². The minimum Gasteiger partial charge on any atom is -0.338 e. The Hall–Kier alpha value is -2.21. The lowest BCUT2D eigenvalue weighted by Crippen LogP contribution is -2.25. The number of hydrogen-bond acceptors (Lipinski definition) is 5. The first-order chi connectivity index (χ1) is 11.0. The Morgan fingerprint density at radius 1 is 1.35 bits per heavy atom. The Morgan fingerprint density at radius 3 is 2.78 bits per heavy atom. The van der Waals surface area contributed by atoms with Crippen molar-refractivity contribution in [3.05, 3.63) is 42.0 Å². The van der Waals surface area contributed by atoms with E-state index < -0.39 is 0 Å². The predicted octanol–water partition coefficient (Wildman–Crippen LogP) is 2.43. The van der Waals surface area contributed by atoms with Gasteiger partial charge in [-0.05, 0) is 33.0 Å². The van der Waals surface area contributed by atoms with E-state index in [4.69, 9.17) is 4.52 Å². The maximum Gasteiger partial charge on any atom is 0.240 e. The molecule has 1 atom stereocenters. The smallest absolute Gasteiger partial charge is 0.240 e. The largest absolute Gasteiger partial charge is 0.338 e. The molecule has 23 heavy (non-hydrogen) atoms. The predicted molar refractivity (Wildman–Crippen MR) is 87.1 cm³/mol. The van der Waals surface area contributed by atoms with Gasteiger partial charge in [-0.1, -0.05) is 23.4 Å². The number of benzene rings is 1. The zero-order valence-electron chi connectivity index (χ0n) is 13.8. The van der Waals surface area contributed by atoms with Crippen molar-refractivity contribution < 1.29 is 9.32 Å².